The van der Waals surface area contributed by atoms with Gasteiger partial charge >= 0.3 is 6.09 Å². The van der Waals surface area contributed by atoms with Crippen molar-refractivity contribution in [2.24, 2.45) is 7.05 Å². The van der Waals surface area contributed by atoms with Crippen LogP contribution in [0.3, 0.4) is 0 Å². The number of amides is 1. The standard InChI is InChI=1S/C27H33N5O3/c1-19-25(35-22-11-7-4-8-12-22)14-13-23(28-19)26-24(31(2)30-29-26)18-34-27(33)32-16-15-21(17-32)20-9-5-3-6-10-20/h3,5-6,9-10,13-14,21-22H,4,7-8,11-12,15-18H2,1-2H3. The van der Waals surface area contributed by atoms with Crippen LogP contribution in [0, 0.1) is 6.92 Å². The molecule has 1 amide bonds. The molecule has 0 bridgehead atoms. The largest absolute Gasteiger partial charge is 0.489 e. The van der Waals surface area contributed by atoms with Crippen LogP contribution in [-0.4, -0.2) is 50.2 Å². The number of hydrogen-bond acceptors (Lipinski definition) is 6. The Balaban J connectivity index is 1.23. The van der Waals surface area contributed by atoms with Gasteiger partial charge in [0.1, 0.15) is 23.7 Å². The van der Waals surface area contributed by atoms with Crippen molar-refractivity contribution in [2.75, 3.05) is 13.1 Å². The molecular weight excluding hydrogens is 442 g/mol. The number of ether oxygens (including phenoxy) is 2. The molecule has 1 aromatic carbocycles. The summed E-state index contributed by atoms with van der Waals surface area (Å²) in [4.78, 5) is 19.3. The lowest BCUT2D eigenvalue weighted by Crippen LogP contribution is -2.29. The molecule has 1 unspecified atom stereocenters. The monoisotopic (exact) mass is 475 g/mol. The Labute approximate surface area is 206 Å². The van der Waals surface area contributed by atoms with Crippen molar-refractivity contribution in [1.29, 1.82) is 0 Å². The minimum absolute atomic E-state index is 0.0885. The van der Waals surface area contributed by atoms with Crippen molar-refractivity contribution in [3.63, 3.8) is 0 Å². The van der Waals surface area contributed by atoms with Gasteiger partial charge in [-0.2, -0.15) is 0 Å². The molecule has 1 aliphatic heterocycles. The van der Waals surface area contributed by atoms with Gasteiger partial charge in [-0.15, -0.1) is 5.10 Å². The zero-order valence-electron chi connectivity index (χ0n) is 20.5. The minimum Gasteiger partial charge on any atom is -0.489 e. The van der Waals surface area contributed by atoms with Crippen LogP contribution in [-0.2, 0) is 18.4 Å². The Morgan fingerprint density at radius 2 is 1.86 bits per heavy atom. The number of carbonyl (C=O) groups is 1. The van der Waals surface area contributed by atoms with E-state index in [4.69, 9.17) is 14.5 Å². The molecular formula is C27H33N5O3. The van der Waals surface area contributed by atoms with Crippen molar-refractivity contribution in [3.05, 3.63) is 59.4 Å². The number of aryl methyl sites for hydroxylation is 2. The maximum Gasteiger partial charge on any atom is 0.410 e. The summed E-state index contributed by atoms with van der Waals surface area (Å²) in [6, 6.07) is 14.2. The predicted octanol–water partition coefficient (Wildman–Crippen LogP) is 5.02. The molecule has 1 saturated carbocycles. The van der Waals surface area contributed by atoms with E-state index < -0.39 is 0 Å². The number of carbonyl (C=O) groups excluding carboxylic acids is 1. The number of benzene rings is 1. The summed E-state index contributed by atoms with van der Waals surface area (Å²) < 4.78 is 13.5. The highest BCUT2D eigenvalue weighted by Gasteiger charge is 2.29. The van der Waals surface area contributed by atoms with Crippen LogP contribution < -0.4 is 4.74 Å². The Kier molecular flexibility index (Phi) is 6.97. The second kappa shape index (κ2) is 10.5. The Morgan fingerprint density at radius 1 is 1.06 bits per heavy atom. The first kappa shape index (κ1) is 23.3. The molecule has 5 rings (SSSR count). The second-order valence-electron chi connectivity index (χ2n) is 9.56. The minimum atomic E-state index is -0.309. The molecule has 2 aromatic heterocycles. The van der Waals surface area contributed by atoms with Crippen molar-refractivity contribution < 1.29 is 14.3 Å². The highest BCUT2D eigenvalue weighted by molar-refractivity contribution is 5.68. The first-order valence-corrected chi connectivity index (χ1v) is 12.6. The number of likely N-dealkylation sites (tertiary alicyclic amines) is 1. The van der Waals surface area contributed by atoms with Gasteiger partial charge in [0.05, 0.1) is 17.5 Å². The summed E-state index contributed by atoms with van der Waals surface area (Å²) in [6.07, 6.45) is 6.85. The average Bonchev–Trinajstić information content (AvgIpc) is 3.52. The summed E-state index contributed by atoms with van der Waals surface area (Å²) >= 11 is 0. The molecule has 8 nitrogen and oxygen atoms in total. The summed E-state index contributed by atoms with van der Waals surface area (Å²) in [6.45, 7) is 3.40. The molecule has 1 saturated heterocycles. The van der Waals surface area contributed by atoms with Crippen molar-refractivity contribution in [1.82, 2.24) is 24.9 Å². The van der Waals surface area contributed by atoms with E-state index in [2.05, 4.69) is 22.4 Å². The molecule has 0 radical (unpaired) electrons. The Morgan fingerprint density at radius 3 is 2.63 bits per heavy atom. The SMILES string of the molecule is Cc1nc(-c2nnn(C)c2COC(=O)N2CCC(c3ccccc3)C2)ccc1OC1CCCCC1. The fourth-order valence-electron chi connectivity index (χ4n) is 5.05. The molecule has 3 aromatic rings. The smallest absolute Gasteiger partial charge is 0.410 e. The van der Waals surface area contributed by atoms with Gasteiger partial charge in [-0.3, -0.25) is 0 Å². The number of pyridine rings is 1. The van der Waals surface area contributed by atoms with E-state index in [-0.39, 0.29) is 18.8 Å². The first-order valence-electron chi connectivity index (χ1n) is 12.6. The fraction of sp³-hybridized carbons (Fsp3) is 0.481. The molecule has 184 valence electrons. The Bertz CT molecular complexity index is 1160. The summed E-state index contributed by atoms with van der Waals surface area (Å²) in [5.74, 6) is 1.17. The van der Waals surface area contributed by atoms with E-state index >= 15 is 0 Å². The molecule has 0 N–H and O–H groups in total. The number of aromatic nitrogens is 4. The zero-order valence-corrected chi connectivity index (χ0v) is 20.5. The fourth-order valence-corrected chi connectivity index (χ4v) is 5.05. The molecule has 2 aliphatic rings. The molecule has 8 heteroatoms. The van der Waals surface area contributed by atoms with Crippen LogP contribution in [0.15, 0.2) is 42.5 Å². The lowest BCUT2D eigenvalue weighted by Gasteiger charge is -2.23. The number of nitrogens with zero attached hydrogens (tertiary/aromatic N) is 5. The zero-order chi connectivity index (χ0) is 24.2. The van der Waals surface area contributed by atoms with E-state index in [1.54, 1.807) is 16.6 Å². The third-order valence-corrected chi connectivity index (χ3v) is 7.12. The third kappa shape index (κ3) is 5.31. The van der Waals surface area contributed by atoms with Crippen LogP contribution in [0.4, 0.5) is 4.79 Å². The molecule has 1 aliphatic carbocycles. The van der Waals surface area contributed by atoms with Crippen LogP contribution in [0.2, 0.25) is 0 Å². The van der Waals surface area contributed by atoms with Crippen molar-refractivity contribution in [2.45, 2.75) is 64.1 Å². The van der Waals surface area contributed by atoms with E-state index in [1.165, 1.54) is 24.8 Å². The predicted molar refractivity (Wildman–Crippen MR) is 132 cm³/mol. The number of hydrogen-bond donors (Lipinski definition) is 0. The van der Waals surface area contributed by atoms with Crippen molar-refractivity contribution >= 4 is 6.09 Å². The number of rotatable bonds is 6. The van der Waals surface area contributed by atoms with Gasteiger partial charge in [0, 0.05) is 26.1 Å². The first-order chi connectivity index (χ1) is 17.1. The topological polar surface area (TPSA) is 82.4 Å². The maximum absolute atomic E-state index is 12.8. The van der Waals surface area contributed by atoms with E-state index in [1.807, 2.05) is 37.3 Å². The van der Waals surface area contributed by atoms with Gasteiger partial charge < -0.3 is 14.4 Å². The normalized spacial score (nSPS) is 18.6. The maximum atomic E-state index is 12.8. The molecule has 1 atom stereocenters. The third-order valence-electron chi connectivity index (χ3n) is 7.12. The van der Waals surface area contributed by atoms with E-state index in [0.717, 1.165) is 30.7 Å². The second-order valence-corrected chi connectivity index (χ2v) is 9.56. The molecule has 35 heavy (non-hydrogen) atoms. The van der Waals surface area contributed by atoms with Crippen LogP contribution in [0.25, 0.3) is 11.4 Å². The van der Waals surface area contributed by atoms with E-state index in [9.17, 15) is 4.79 Å². The quantitative estimate of drug-likeness (QED) is 0.498. The van der Waals surface area contributed by atoms with Gasteiger partial charge in [-0.1, -0.05) is 42.0 Å². The summed E-state index contributed by atoms with van der Waals surface area (Å²) in [5, 5.41) is 8.46. The van der Waals surface area contributed by atoms with Crippen LogP contribution in [0.1, 0.15) is 61.4 Å². The highest BCUT2D eigenvalue weighted by atomic mass is 16.6. The Hall–Kier alpha value is -3.42. The van der Waals surface area contributed by atoms with Gasteiger partial charge in [-0.25, -0.2) is 14.5 Å². The molecule has 2 fully saturated rings. The van der Waals surface area contributed by atoms with Gasteiger partial charge in [0.15, 0.2) is 0 Å². The van der Waals surface area contributed by atoms with Crippen LogP contribution in [0.5, 0.6) is 5.75 Å². The van der Waals surface area contributed by atoms with Gasteiger partial charge in [0.25, 0.3) is 0 Å². The average molecular weight is 476 g/mol. The van der Waals surface area contributed by atoms with E-state index in [0.29, 0.717) is 36.1 Å². The lowest BCUT2D eigenvalue weighted by molar-refractivity contribution is 0.102. The van der Waals surface area contributed by atoms with Gasteiger partial charge in [-0.05, 0) is 56.7 Å². The summed E-state index contributed by atoms with van der Waals surface area (Å²) in [7, 11) is 1.80. The molecule has 0 spiro atoms. The lowest BCUT2D eigenvalue weighted by atomic mass is 9.98. The van der Waals surface area contributed by atoms with Gasteiger partial charge in [0.2, 0.25) is 0 Å². The summed E-state index contributed by atoms with van der Waals surface area (Å²) in [5.41, 5.74) is 4.12. The van der Waals surface area contributed by atoms with Crippen LogP contribution >= 0.6 is 0 Å². The molecule has 3 heterocycles. The highest BCUT2D eigenvalue weighted by Crippen LogP contribution is 2.29. The van der Waals surface area contributed by atoms with Crippen molar-refractivity contribution in [3.8, 4) is 17.1 Å².